The molecule has 0 spiro atoms. The van der Waals surface area contributed by atoms with Gasteiger partial charge in [-0.3, -0.25) is 0 Å². The van der Waals surface area contributed by atoms with Gasteiger partial charge in [-0.1, -0.05) is 20.8 Å². The van der Waals surface area contributed by atoms with E-state index in [0.717, 1.165) is 5.69 Å². The maximum atomic E-state index is 10.4. The molecule has 0 amide bonds. The fourth-order valence-electron chi connectivity index (χ4n) is 1.24. The average Bonchev–Trinajstić information content (AvgIpc) is 2.29. The molecule has 13 heavy (non-hydrogen) atoms. The zero-order valence-corrected chi connectivity index (χ0v) is 8.24. The van der Waals surface area contributed by atoms with Crippen molar-refractivity contribution in [1.82, 2.24) is 9.78 Å². The lowest BCUT2D eigenvalue weighted by Crippen LogP contribution is -2.16. The van der Waals surface area contributed by atoms with Crippen LogP contribution in [0.25, 0.3) is 0 Å². The Kier molecular flexibility index (Phi) is 2.11. The fraction of sp³-hybridized carbons (Fsp3) is 0.625. The van der Waals surface area contributed by atoms with Gasteiger partial charge in [-0.15, -0.1) is 0 Å². The summed E-state index contributed by atoms with van der Waals surface area (Å²) >= 11 is 0. The Morgan fingerprint density at radius 1 is 1.54 bits per heavy atom. The minimum atomic E-state index is -0.477. The van der Waals surface area contributed by atoms with Crippen LogP contribution in [0.4, 0.5) is 5.82 Å². The second-order valence-electron chi connectivity index (χ2n) is 4.02. The lowest BCUT2D eigenvalue weighted by Gasteiger charge is -2.15. The van der Waals surface area contributed by atoms with E-state index in [1.807, 2.05) is 20.8 Å². The van der Waals surface area contributed by atoms with Crippen molar-refractivity contribution in [2.24, 2.45) is 7.05 Å². The van der Waals surface area contributed by atoms with Crippen molar-refractivity contribution >= 4 is 5.82 Å². The number of aromatic nitrogens is 2. The van der Waals surface area contributed by atoms with E-state index in [2.05, 4.69) is 5.10 Å². The predicted octanol–water partition coefficient (Wildman–Crippen LogP) is 1.63. The maximum Gasteiger partial charge on any atom is 0.390 e. The Morgan fingerprint density at radius 2 is 2.08 bits per heavy atom. The quantitative estimate of drug-likeness (QED) is 0.491. The normalized spacial score (nSPS) is 11.7. The summed E-state index contributed by atoms with van der Waals surface area (Å²) in [7, 11) is 1.72. The summed E-state index contributed by atoms with van der Waals surface area (Å²) < 4.78 is 1.55. The Hall–Kier alpha value is -1.39. The molecule has 5 heteroatoms. The first kappa shape index (κ1) is 9.70. The third kappa shape index (κ3) is 1.85. The molecule has 0 aliphatic heterocycles. The minimum Gasteiger partial charge on any atom is -0.358 e. The van der Waals surface area contributed by atoms with Crippen molar-refractivity contribution in [2.75, 3.05) is 0 Å². The van der Waals surface area contributed by atoms with Crippen molar-refractivity contribution in [2.45, 2.75) is 26.2 Å². The summed E-state index contributed by atoms with van der Waals surface area (Å²) in [4.78, 5) is 9.95. The van der Waals surface area contributed by atoms with Crippen LogP contribution in [0.1, 0.15) is 26.5 Å². The molecule has 0 saturated heterocycles. The van der Waals surface area contributed by atoms with E-state index < -0.39 is 4.92 Å². The van der Waals surface area contributed by atoms with Gasteiger partial charge in [0, 0.05) is 5.41 Å². The number of nitro groups is 1. The third-order valence-corrected chi connectivity index (χ3v) is 1.82. The zero-order valence-electron chi connectivity index (χ0n) is 8.24. The molecule has 1 rings (SSSR count). The summed E-state index contributed by atoms with van der Waals surface area (Å²) in [5, 5.41) is 14.2. The van der Waals surface area contributed by atoms with Gasteiger partial charge in [-0.05, 0) is 4.92 Å². The molecule has 0 aromatic carbocycles. The van der Waals surface area contributed by atoms with Crippen molar-refractivity contribution in [3.05, 3.63) is 21.9 Å². The van der Waals surface area contributed by atoms with Crippen LogP contribution in [0.15, 0.2) is 6.07 Å². The molecular weight excluding hydrogens is 170 g/mol. The molecule has 0 aliphatic carbocycles. The van der Waals surface area contributed by atoms with Gasteiger partial charge in [0.2, 0.25) is 0 Å². The number of nitrogens with zero attached hydrogens (tertiary/aromatic N) is 3. The van der Waals surface area contributed by atoms with E-state index in [0.29, 0.717) is 0 Å². The minimum absolute atomic E-state index is 0.0903. The molecule has 0 bridgehead atoms. The molecular formula is C8H13N3O2. The van der Waals surface area contributed by atoms with Gasteiger partial charge in [0.1, 0.15) is 0 Å². The topological polar surface area (TPSA) is 61.0 Å². The fourth-order valence-corrected chi connectivity index (χ4v) is 1.24. The van der Waals surface area contributed by atoms with E-state index in [4.69, 9.17) is 0 Å². The van der Waals surface area contributed by atoms with Crippen molar-refractivity contribution in [3.8, 4) is 0 Å². The maximum absolute atomic E-state index is 10.4. The highest BCUT2D eigenvalue weighted by Crippen LogP contribution is 2.24. The first-order valence-corrected chi connectivity index (χ1v) is 4.01. The van der Waals surface area contributed by atoms with Crippen LogP contribution in [-0.2, 0) is 12.5 Å². The highest BCUT2D eigenvalue weighted by Gasteiger charge is 2.24. The summed E-state index contributed by atoms with van der Waals surface area (Å²) in [6.45, 7) is 5.98. The number of hydrogen-bond acceptors (Lipinski definition) is 3. The standard InChI is InChI=1S/C8H13N3O2/c1-8(2,3)6-5-7(11(12)13)9-10(6)4/h5H,1-4H3. The highest BCUT2D eigenvalue weighted by atomic mass is 16.6. The smallest absolute Gasteiger partial charge is 0.358 e. The number of hydrogen-bond donors (Lipinski definition) is 0. The first-order valence-electron chi connectivity index (χ1n) is 4.01. The van der Waals surface area contributed by atoms with Gasteiger partial charge in [0.05, 0.1) is 23.9 Å². The van der Waals surface area contributed by atoms with Crippen molar-refractivity contribution in [3.63, 3.8) is 0 Å². The second kappa shape index (κ2) is 2.83. The molecule has 1 aromatic rings. The van der Waals surface area contributed by atoms with Crippen LogP contribution in [0.5, 0.6) is 0 Å². The van der Waals surface area contributed by atoms with Crippen LogP contribution in [0, 0.1) is 10.1 Å². The SMILES string of the molecule is Cn1nc([N+](=O)[O-])cc1C(C)(C)C. The molecule has 5 nitrogen and oxygen atoms in total. The first-order chi connectivity index (χ1) is 5.82. The van der Waals surface area contributed by atoms with Gasteiger partial charge in [-0.2, -0.15) is 4.68 Å². The van der Waals surface area contributed by atoms with E-state index in [-0.39, 0.29) is 11.2 Å². The van der Waals surface area contributed by atoms with Crippen LogP contribution < -0.4 is 0 Å². The largest absolute Gasteiger partial charge is 0.390 e. The van der Waals surface area contributed by atoms with Crippen LogP contribution in [-0.4, -0.2) is 14.7 Å². The highest BCUT2D eigenvalue weighted by molar-refractivity contribution is 5.26. The molecule has 0 fully saturated rings. The van der Waals surface area contributed by atoms with Crippen molar-refractivity contribution < 1.29 is 4.92 Å². The van der Waals surface area contributed by atoms with E-state index in [1.54, 1.807) is 11.7 Å². The van der Waals surface area contributed by atoms with Crippen LogP contribution >= 0.6 is 0 Å². The molecule has 1 heterocycles. The summed E-state index contributed by atoms with van der Waals surface area (Å²) in [5.74, 6) is -0.0903. The van der Waals surface area contributed by atoms with Gasteiger partial charge < -0.3 is 10.1 Å². The zero-order chi connectivity index (χ0) is 10.2. The number of aryl methyl sites for hydroxylation is 1. The Morgan fingerprint density at radius 3 is 2.31 bits per heavy atom. The van der Waals surface area contributed by atoms with E-state index >= 15 is 0 Å². The summed E-state index contributed by atoms with van der Waals surface area (Å²) in [6.07, 6.45) is 0. The molecule has 1 aromatic heterocycles. The Bertz CT molecular complexity index is 336. The summed E-state index contributed by atoms with van der Waals surface area (Å²) in [5.41, 5.74) is 0.745. The second-order valence-corrected chi connectivity index (χ2v) is 4.02. The molecule has 0 atom stereocenters. The monoisotopic (exact) mass is 183 g/mol. The van der Waals surface area contributed by atoms with Crippen molar-refractivity contribution in [1.29, 1.82) is 0 Å². The molecule has 0 radical (unpaired) electrons. The molecule has 0 unspecified atom stereocenters. The lowest BCUT2D eigenvalue weighted by atomic mass is 9.92. The molecule has 0 aliphatic rings. The van der Waals surface area contributed by atoms with Crippen LogP contribution in [0.3, 0.4) is 0 Å². The third-order valence-electron chi connectivity index (χ3n) is 1.82. The lowest BCUT2D eigenvalue weighted by molar-refractivity contribution is -0.389. The number of rotatable bonds is 1. The summed E-state index contributed by atoms with van der Waals surface area (Å²) in [6, 6.07) is 1.51. The van der Waals surface area contributed by atoms with Gasteiger partial charge in [0.15, 0.2) is 0 Å². The van der Waals surface area contributed by atoms with Gasteiger partial charge in [-0.25, -0.2) is 0 Å². The average molecular weight is 183 g/mol. The predicted molar refractivity (Wildman–Crippen MR) is 48.6 cm³/mol. The Balaban J connectivity index is 3.18. The van der Waals surface area contributed by atoms with E-state index in [1.165, 1.54) is 6.07 Å². The molecule has 0 N–H and O–H groups in total. The van der Waals surface area contributed by atoms with Crippen LogP contribution in [0.2, 0.25) is 0 Å². The van der Waals surface area contributed by atoms with Gasteiger partial charge in [0.25, 0.3) is 0 Å². The Labute approximate surface area is 76.5 Å². The molecule has 72 valence electrons. The van der Waals surface area contributed by atoms with Gasteiger partial charge >= 0.3 is 5.82 Å². The van der Waals surface area contributed by atoms with E-state index in [9.17, 15) is 10.1 Å². The molecule has 0 saturated carbocycles.